The largest absolute Gasteiger partial charge is 0.488 e. The van der Waals surface area contributed by atoms with Gasteiger partial charge in [0, 0.05) is 31.8 Å². The van der Waals surface area contributed by atoms with Crippen molar-refractivity contribution in [2.45, 2.75) is 32.4 Å². The molecule has 2 heterocycles. The van der Waals surface area contributed by atoms with Gasteiger partial charge in [0.05, 0.1) is 13.2 Å². The van der Waals surface area contributed by atoms with E-state index in [2.05, 4.69) is 33.6 Å². The molecule has 0 saturated carbocycles. The number of aromatic nitrogens is 1. The van der Waals surface area contributed by atoms with Crippen molar-refractivity contribution in [3.05, 3.63) is 53.7 Å². The molecule has 1 aromatic carbocycles. The first-order valence-electron chi connectivity index (χ1n) is 9.06. The van der Waals surface area contributed by atoms with Gasteiger partial charge in [0.1, 0.15) is 11.9 Å². The molecule has 0 aliphatic carbocycles. The molecule has 6 heteroatoms. The van der Waals surface area contributed by atoms with E-state index in [4.69, 9.17) is 9.47 Å². The molecule has 1 aliphatic rings. The normalized spacial score (nSPS) is 15.9. The lowest BCUT2D eigenvalue weighted by Crippen LogP contribution is -2.42. The molecular weight excluding hydrogens is 328 g/mol. The predicted octanol–water partition coefficient (Wildman–Crippen LogP) is 2.54. The molecule has 0 saturated heterocycles. The highest BCUT2D eigenvalue weighted by Gasteiger charge is 2.22. The van der Waals surface area contributed by atoms with Crippen molar-refractivity contribution >= 4 is 5.96 Å². The highest BCUT2D eigenvalue weighted by Crippen LogP contribution is 2.27. The minimum Gasteiger partial charge on any atom is -0.488 e. The number of guanidine groups is 1. The number of nitrogens with zero attached hydrogens (tertiary/aromatic N) is 2. The van der Waals surface area contributed by atoms with Crippen LogP contribution in [0.5, 0.6) is 11.6 Å². The second-order valence-corrected chi connectivity index (χ2v) is 6.17. The summed E-state index contributed by atoms with van der Waals surface area (Å²) in [5.74, 6) is 2.39. The van der Waals surface area contributed by atoms with Gasteiger partial charge in [-0.2, -0.15) is 0 Å². The Kier molecular flexibility index (Phi) is 6.30. The van der Waals surface area contributed by atoms with Gasteiger partial charge in [-0.05, 0) is 24.1 Å². The number of pyridine rings is 1. The summed E-state index contributed by atoms with van der Waals surface area (Å²) in [7, 11) is 1.76. The molecule has 1 aliphatic heterocycles. The lowest BCUT2D eigenvalue weighted by Gasteiger charge is -2.16. The summed E-state index contributed by atoms with van der Waals surface area (Å²) in [6, 6.07) is 12.1. The summed E-state index contributed by atoms with van der Waals surface area (Å²) in [6.07, 6.45) is 3.73. The fraction of sp³-hybridized carbons (Fsp3) is 0.400. The summed E-state index contributed by atoms with van der Waals surface area (Å²) in [6.45, 7) is 4.03. The number of benzene rings is 1. The van der Waals surface area contributed by atoms with Gasteiger partial charge < -0.3 is 20.1 Å². The van der Waals surface area contributed by atoms with Crippen LogP contribution in [0.3, 0.4) is 0 Å². The molecule has 6 nitrogen and oxygen atoms in total. The topological polar surface area (TPSA) is 67.8 Å². The van der Waals surface area contributed by atoms with Crippen molar-refractivity contribution in [3.8, 4) is 11.6 Å². The van der Waals surface area contributed by atoms with Crippen molar-refractivity contribution in [3.63, 3.8) is 0 Å². The number of nitrogens with one attached hydrogen (secondary N) is 2. The second kappa shape index (κ2) is 9.08. The maximum absolute atomic E-state index is 5.95. The summed E-state index contributed by atoms with van der Waals surface area (Å²) in [5.41, 5.74) is 2.27. The maximum atomic E-state index is 5.95. The van der Waals surface area contributed by atoms with Crippen molar-refractivity contribution in [1.82, 2.24) is 15.6 Å². The number of para-hydroxylation sites is 1. The quantitative estimate of drug-likeness (QED) is 0.591. The molecule has 0 amide bonds. The van der Waals surface area contributed by atoms with Crippen LogP contribution in [-0.2, 0) is 13.0 Å². The standard InChI is InChI=1S/C20H26N4O2/c1-3-11-25-19-16(8-6-10-22-19)13-23-20(21-2)24-14-17-12-15-7-4-5-9-18(15)26-17/h4-10,17H,3,11-14H2,1-2H3,(H2,21,23,24). The average molecular weight is 354 g/mol. The van der Waals surface area contributed by atoms with Crippen LogP contribution in [-0.4, -0.2) is 37.2 Å². The van der Waals surface area contributed by atoms with Gasteiger partial charge in [-0.15, -0.1) is 0 Å². The van der Waals surface area contributed by atoms with Crippen molar-refractivity contribution < 1.29 is 9.47 Å². The van der Waals surface area contributed by atoms with Gasteiger partial charge in [0.15, 0.2) is 5.96 Å². The molecule has 138 valence electrons. The molecule has 0 radical (unpaired) electrons. The number of aliphatic imine (C=N–C) groups is 1. The Morgan fingerprint density at radius 3 is 2.96 bits per heavy atom. The molecule has 2 N–H and O–H groups in total. The lowest BCUT2D eigenvalue weighted by atomic mass is 10.1. The van der Waals surface area contributed by atoms with E-state index in [0.717, 1.165) is 30.1 Å². The zero-order chi connectivity index (χ0) is 18.2. The van der Waals surface area contributed by atoms with Crippen molar-refractivity contribution in [2.24, 2.45) is 4.99 Å². The number of hydrogen-bond donors (Lipinski definition) is 2. The van der Waals surface area contributed by atoms with E-state index in [9.17, 15) is 0 Å². The fourth-order valence-corrected chi connectivity index (χ4v) is 2.87. The van der Waals surface area contributed by atoms with Gasteiger partial charge in [-0.1, -0.05) is 31.2 Å². The second-order valence-electron chi connectivity index (χ2n) is 6.17. The van der Waals surface area contributed by atoms with E-state index < -0.39 is 0 Å². The average Bonchev–Trinajstić information content (AvgIpc) is 3.10. The highest BCUT2D eigenvalue weighted by atomic mass is 16.5. The molecule has 0 bridgehead atoms. The third-order valence-corrected chi connectivity index (χ3v) is 4.17. The predicted molar refractivity (Wildman–Crippen MR) is 103 cm³/mol. The number of fused-ring (bicyclic) bond motifs is 1. The summed E-state index contributed by atoms with van der Waals surface area (Å²) >= 11 is 0. The van der Waals surface area contributed by atoms with Crippen LogP contribution >= 0.6 is 0 Å². The Labute approximate surface area is 154 Å². The van der Waals surface area contributed by atoms with E-state index in [-0.39, 0.29) is 6.10 Å². The third kappa shape index (κ3) is 4.65. The minimum atomic E-state index is 0.118. The Morgan fingerprint density at radius 1 is 1.27 bits per heavy atom. The Morgan fingerprint density at radius 2 is 2.15 bits per heavy atom. The SMILES string of the molecule is CCCOc1ncccc1CNC(=NC)NCC1Cc2ccccc2O1. The molecule has 1 unspecified atom stereocenters. The zero-order valence-corrected chi connectivity index (χ0v) is 15.4. The highest BCUT2D eigenvalue weighted by molar-refractivity contribution is 5.79. The summed E-state index contributed by atoms with van der Waals surface area (Å²) in [4.78, 5) is 8.59. The van der Waals surface area contributed by atoms with Crippen LogP contribution < -0.4 is 20.1 Å². The lowest BCUT2D eigenvalue weighted by molar-refractivity contribution is 0.235. The summed E-state index contributed by atoms with van der Waals surface area (Å²) in [5, 5.41) is 6.64. The van der Waals surface area contributed by atoms with Crippen LogP contribution in [0.2, 0.25) is 0 Å². The van der Waals surface area contributed by atoms with Gasteiger partial charge in [-0.3, -0.25) is 4.99 Å². The van der Waals surface area contributed by atoms with E-state index in [0.29, 0.717) is 25.6 Å². The number of hydrogen-bond acceptors (Lipinski definition) is 4. The van der Waals surface area contributed by atoms with Crippen LogP contribution in [0.15, 0.2) is 47.6 Å². The molecule has 2 aromatic rings. The van der Waals surface area contributed by atoms with Gasteiger partial charge in [0.25, 0.3) is 0 Å². The Balaban J connectivity index is 1.49. The first kappa shape index (κ1) is 18.0. The van der Waals surface area contributed by atoms with Crippen LogP contribution in [0.25, 0.3) is 0 Å². The van der Waals surface area contributed by atoms with Crippen molar-refractivity contribution in [2.75, 3.05) is 20.2 Å². The molecule has 0 fully saturated rings. The van der Waals surface area contributed by atoms with Gasteiger partial charge in [-0.25, -0.2) is 4.98 Å². The number of rotatable bonds is 7. The summed E-state index contributed by atoms with van der Waals surface area (Å²) < 4.78 is 11.7. The molecule has 3 rings (SSSR count). The molecule has 0 spiro atoms. The Bertz CT molecular complexity index is 723. The minimum absolute atomic E-state index is 0.118. The first-order valence-corrected chi connectivity index (χ1v) is 9.06. The van der Waals surface area contributed by atoms with Crippen LogP contribution in [0, 0.1) is 0 Å². The molecule has 26 heavy (non-hydrogen) atoms. The molecular formula is C20H26N4O2. The smallest absolute Gasteiger partial charge is 0.218 e. The van der Waals surface area contributed by atoms with Crippen LogP contribution in [0.1, 0.15) is 24.5 Å². The fourth-order valence-electron chi connectivity index (χ4n) is 2.87. The Hall–Kier alpha value is -2.76. The van der Waals surface area contributed by atoms with E-state index in [1.54, 1.807) is 13.2 Å². The molecule has 1 atom stereocenters. The zero-order valence-electron chi connectivity index (χ0n) is 15.4. The maximum Gasteiger partial charge on any atom is 0.218 e. The van der Waals surface area contributed by atoms with Gasteiger partial charge in [0.2, 0.25) is 5.88 Å². The van der Waals surface area contributed by atoms with E-state index >= 15 is 0 Å². The van der Waals surface area contributed by atoms with Gasteiger partial charge >= 0.3 is 0 Å². The molecule has 1 aromatic heterocycles. The monoisotopic (exact) mass is 354 g/mol. The van der Waals surface area contributed by atoms with Crippen molar-refractivity contribution in [1.29, 1.82) is 0 Å². The number of ether oxygens (including phenoxy) is 2. The third-order valence-electron chi connectivity index (χ3n) is 4.17. The van der Waals surface area contributed by atoms with E-state index in [1.807, 2.05) is 30.3 Å². The van der Waals surface area contributed by atoms with Crippen LogP contribution in [0.4, 0.5) is 0 Å². The first-order chi connectivity index (χ1) is 12.8. The van der Waals surface area contributed by atoms with E-state index in [1.165, 1.54) is 5.56 Å².